The summed E-state index contributed by atoms with van der Waals surface area (Å²) >= 11 is 0. The highest BCUT2D eigenvalue weighted by Crippen LogP contribution is 2.16. The number of hydrogen-bond acceptors (Lipinski definition) is 3. The van der Waals surface area contributed by atoms with E-state index in [1.54, 1.807) is 12.1 Å². The van der Waals surface area contributed by atoms with Crippen molar-refractivity contribution in [3.8, 4) is 11.3 Å². The van der Waals surface area contributed by atoms with Gasteiger partial charge in [-0.25, -0.2) is 9.49 Å². The third-order valence-electron chi connectivity index (χ3n) is 2.19. The van der Waals surface area contributed by atoms with Crippen LogP contribution in [-0.2, 0) is 6.61 Å². The zero-order valence-corrected chi connectivity index (χ0v) is 8.27. The number of aliphatic hydroxyl groups excluding tert-OH is 1. The fourth-order valence-corrected chi connectivity index (χ4v) is 1.33. The van der Waals surface area contributed by atoms with Gasteiger partial charge in [-0.15, -0.1) is 0 Å². The highest BCUT2D eigenvalue weighted by Gasteiger charge is 2.04. The quantitative estimate of drug-likeness (QED) is 0.795. The maximum absolute atomic E-state index is 12.7. The summed E-state index contributed by atoms with van der Waals surface area (Å²) in [6, 6.07) is 7.20. The molecule has 2 rings (SSSR count). The minimum absolute atomic E-state index is 0.231. The molecule has 82 valence electrons. The van der Waals surface area contributed by atoms with Crippen molar-refractivity contribution >= 4 is 0 Å². The van der Waals surface area contributed by atoms with Gasteiger partial charge in [-0.3, -0.25) is 4.79 Å². The molecule has 2 aromatic rings. The molecule has 16 heavy (non-hydrogen) atoms. The number of aromatic amines is 1. The van der Waals surface area contributed by atoms with Crippen LogP contribution in [0.15, 0.2) is 35.1 Å². The molecule has 2 N–H and O–H groups in total. The number of halogens is 1. The van der Waals surface area contributed by atoms with Gasteiger partial charge in [-0.2, -0.15) is 5.10 Å². The van der Waals surface area contributed by atoms with Crippen molar-refractivity contribution in [1.29, 1.82) is 0 Å². The van der Waals surface area contributed by atoms with Crippen LogP contribution in [0, 0.1) is 5.82 Å². The van der Waals surface area contributed by atoms with E-state index in [1.165, 1.54) is 18.2 Å². The summed E-state index contributed by atoms with van der Waals surface area (Å²) < 4.78 is 12.7. The smallest absolute Gasteiger partial charge is 0.269 e. The maximum atomic E-state index is 12.7. The van der Waals surface area contributed by atoms with Crippen LogP contribution in [0.4, 0.5) is 4.39 Å². The summed E-state index contributed by atoms with van der Waals surface area (Å²) in [5, 5.41) is 15.0. The predicted octanol–water partition coefficient (Wildman–Crippen LogP) is 1.07. The van der Waals surface area contributed by atoms with Gasteiger partial charge in [0.15, 0.2) is 0 Å². The molecule has 0 aliphatic heterocycles. The van der Waals surface area contributed by atoms with Crippen LogP contribution < -0.4 is 5.56 Å². The van der Waals surface area contributed by atoms with Gasteiger partial charge in [0.2, 0.25) is 0 Å². The van der Waals surface area contributed by atoms with E-state index in [0.717, 1.165) is 0 Å². The first-order valence-electron chi connectivity index (χ1n) is 4.66. The minimum atomic E-state index is -0.423. The molecule has 1 aromatic heterocycles. The predicted molar refractivity (Wildman–Crippen MR) is 56.2 cm³/mol. The summed E-state index contributed by atoms with van der Waals surface area (Å²) in [7, 11) is 0. The largest absolute Gasteiger partial charge is 0.391 e. The Morgan fingerprint density at radius 3 is 2.62 bits per heavy atom. The first-order chi connectivity index (χ1) is 7.70. The standard InChI is InChI=1S/C11H9FN2O2/c12-9-3-1-7(2-4-9)10-5-8(6-15)11(16)14-13-10/h1-5,15H,6H2,(H,14,16). The van der Waals surface area contributed by atoms with Crippen molar-refractivity contribution in [2.75, 3.05) is 0 Å². The second kappa shape index (κ2) is 4.24. The van der Waals surface area contributed by atoms with E-state index in [1.807, 2.05) is 0 Å². The van der Waals surface area contributed by atoms with E-state index in [2.05, 4.69) is 10.2 Å². The molecule has 0 aliphatic rings. The van der Waals surface area contributed by atoms with E-state index in [-0.39, 0.29) is 18.0 Å². The fraction of sp³-hybridized carbons (Fsp3) is 0.0909. The number of rotatable bonds is 2. The molecule has 0 aliphatic carbocycles. The Bertz CT molecular complexity index is 549. The first kappa shape index (κ1) is 10.5. The molecule has 0 amide bonds. The topological polar surface area (TPSA) is 66.0 Å². The van der Waals surface area contributed by atoms with E-state index in [0.29, 0.717) is 11.3 Å². The first-order valence-corrected chi connectivity index (χ1v) is 4.66. The molecule has 0 fully saturated rings. The Balaban J connectivity index is 2.48. The van der Waals surface area contributed by atoms with Crippen LogP contribution in [0.25, 0.3) is 11.3 Å². The minimum Gasteiger partial charge on any atom is -0.391 e. The molecule has 5 heteroatoms. The van der Waals surface area contributed by atoms with Gasteiger partial charge < -0.3 is 5.11 Å². The van der Waals surface area contributed by atoms with Crippen LogP contribution in [0.1, 0.15) is 5.56 Å². The zero-order valence-electron chi connectivity index (χ0n) is 8.27. The molecule has 4 nitrogen and oxygen atoms in total. The van der Waals surface area contributed by atoms with Crippen molar-refractivity contribution in [1.82, 2.24) is 10.2 Å². The van der Waals surface area contributed by atoms with Crippen LogP contribution in [0.3, 0.4) is 0 Å². The molecule has 0 spiro atoms. The third kappa shape index (κ3) is 1.99. The number of H-pyrrole nitrogens is 1. The molecule has 0 unspecified atom stereocenters. The summed E-state index contributed by atoms with van der Waals surface area (Å²) in [6.07, 6.45) is 0. The fourth-order valence-electron chi connectivity index (χ4n) is 1.33. The molecule has 0 atom stereocenters. The normalized spacial score (nSPS) is 10.4. The number of aromatic nitrogens is 2. The van der Waals surface area contributed by atoms with Gasteiger partial charge in [0, 0.05) is 11.1 Å². The molecular formula is C11H9FN2O2. The highest BCUT2D eigenvalue weighted by atomic mass is 19.1. The number of hydrogen-bond donors (Lipinski definition) is 2. The second-order valence-corrected chi connectivity index (χ2v) is 3.27. The average molecular weight is 220 g/mol. The van der Waals surface area contributed by atoms with Gasteiger partial charge in [-0.05, 0) is 30.3 Å². The van der Waals surface area contributed by atoms with Crippen molar-refractivity contribution < 1.29 is 9.50 Å². The highest BCUT2D eigenvalue weighted by molar-refractivity contribution is 5.58. The molecule has 0 saturated heterocycles. The number of benzene rings is 1. The van der Waals surface area contributed by atoms with Crippen LogP contribution >= 0.6 is 0 Å². The Morgan fingerprint density at radius 2 is 2.00 bits per heavy atom. The molecule has 0 saturated carbocycles. The van der Waals surface area contributed by atoms with Crippen molar-refractivity contribution in [2.45, 2.75) is 6.61 Å². The van der Waals surface area contributed by atoms with Crippen LogP contribution in [0.5, 0.6) is 0 Å². The Kier molecular flexibility index (Phi) is 2.78. The van der Waals surface area contributed by atoms with Crippen LogP contribution in [0.2, 0.25) is 0 Å². The molecule has 0 radical (unpaired) electrons. The summed E-state index contributed by atoms with van der Waals surface area (Å²) in [5.74, 6) is -0.337. The number of aliphatic hydroxyl groups is 1. The van der Waals surface area contributed by atoms with Crippen molar-refractivity contribution in [3.05, 3.63) is 52.1 Å². The summed E-state index contributed by atoms with van der Waals surface area (Å²) in [5.41, 5.74) is 0.971. The van der Waals surface area contributed by atoms with Crippen molar-refractivity contribution in [2.24, 2.45) is 0 Å². The number of nitrogens with one attached hydrogen (secondary N) is 1. The lowest BCUT2D eigenvalue weighted by molar-refractivity contribution is 0.280. The lowest BCUT2D eigenvalue weighted by Crippen LogP contribution is -2.14. The van der Waals surface area contributed by atoms with Gasteiger partial charge in [-0.1, -0.05) is 0 Å². The van der Waals surface area contributed by atoms with Gasteiger partial charge in [0.25, 0.3) is 5.56 Å². The molecule has 1 aromatic carbocycles. The Labute approximate surface area is 90.4 Å². The summed E-state index contributed by atoms with van der Waals surface area (Å²) in [4.78, 5) is 11.1. The van der Waals surface area contributed by atoms with E-state index in [9.17, 15) is 9.18 Å². The lowest BCUT2D eigenvalue weighted by Gasteiger charge is -2.01. The monoisotopic (exact) mass is 220 g/mol. The van der Waals surface area contributed by atoms with Crippen LogP contribution in [-0.4, -0.2) is 15.3 Å². The SMILES string of the molecule is O=c1[nH]nc(-c2ccc(F)cc2)cc1CO. The molecule has 1 heterocycles. The van der Waals surface area contributed by atoms with E-state index in [4.69, 9.17) is 5.11 Å². The molecule has 0 bridgehead atoms. The average Bonchev–Trinajstić information content (AvgIpc) is 2.31. The maximum Gasteiger partial charge on any atom is 0.269 e. The van der Waals surface area contributed by atoms with Crippen molar-refractivity contribution in [3.63, 3.8) is 0 Å². The third-order valence-corrected chi connectivity index (χ3v) is 2.19. The van der Waals surface area contributed by atoms with E-state index >= 15 is 0 Å². The van der Waals surface area contributed by atoms with E-state index < -0.39 is 5.56 Å². The lowest BCUT2D eigenvalue weighted by atomic mass is 10.1. The Morgan fingerprint density at radius 1 is 1.31 bits per heavy atom. The zero-order chi connectivity index (χ0) is 11.5. The van der Waals surface area contributed by atoms with Gasteiger partial charge >= 0.3 is 0 Å². The molecular weight excluding hydrogens is 211 g/mol. The second-order valence-electron chi connectivity index (χ2n) is 3.27. The Hall–Kier alpha value is -2.01. The summed E-state index contributed by atoms with van der Waals surface area (Å²) in [6.45, 7) is -0.355. The van der Waals surface area contributed by atoms with Gasteiger partial charge in [0.1, 0.15) is 5.82 Å². The van der Waals surface area contributed by atoms with Gasteiger partial charge in [0.05, 0.1) is 12.3 Å². The number of nitrogens with zero attached hydrogens (tertiary/aromatic N) is 1.